The van der Waals surface area contributed by atoms with Crippen molar-refractivity contribution >= 4 is 29.1 Å². The lowest BCUT2D eigenvalue weighted by molar-refractivity contribution is -0.117. The molecule has 1 unspecified atom stereocenters. The maximum atomic E-state index is 12.6. The maximum Gasteiger partial charge on any atom is 0.287 e. The van der Waals surface area contributed by atoms with Crippen molar-refractivity contribution in [2.24, 2.45) is 0 Å². The number of furan rings is 1. The average Bonchev–Trinajstić information content (AvgIpc) is 3.25. The predicted octanol–water partition coefficient (Wildman–Crippen LogP) is 3.60. The van der Waals surface area contributed by atoms with Crippen LogP contribution in [-0.4, -0.2) is 23.8 Å². The molecule has 0 aliphatic rings. The normalized spacial score (nSPS) is 11.4. The highest BCUT2D eigenvalue weighted by molar-refractivity contribution is 6.07. The molecule has 0 spiro atoms. The van der Waals surface area contributed by atoms with Gasteiger partial charge in [-0.15, -0.1) is 0 Å². The number of carbonyl (C=O) groups excluding carboxylic acids is 3. The topological polar surface area (TPSA) is 100 Å². The number of para-hydroxylation sites is 1. The zero-order chi connectivity index (χ0) is 20.8. The Morgan fingerprint density at radius 1 is 0.862 bits per heavy atom. The van der Waals surface area contributed by atoms with Crippen molar-refractivity contribution in [1.82, 2.24) is 5.32 Å². The van der Waals surface area contributed by atoms with Gasteiger partial charge in [0.25, 0.3) is 11.8 Å². The van der Waals surface area contributed by atoms with Gasteiger partial charge in [-0.1, -0.05) is 24.3 Å². The second-order valence-electron chi connectivity index (χ2n) is 6.46. The zero-order valence-corrected chi connectivity index (χ0v) is 16.1. The Balaban J connectivity index is 1.67. The van der Waals surface area contributed by atoms with Gasteiger partial charge in [-0.3, -0.25) is 14.4 Å². The van der Waals surface area contributed by atoms with E-state index < -0.39 is 17.9 Å². The molecule has 0 saturated heterocycles. The molecular weight excluding hydrogens is 370 g/mol. The molecule has 7 nitrogen and oxygen atoms in total. The first-order chi connectivity index (χ1) is 14.0. The van der Waals surface area contributed by atoms with Crippen LogP contribution >= 0.6 is 0 Å². The van der Waals surface area contributed by atoms with Crippen LogP contribution in [0.2, 0.25) is 0 Å². The summed E-state index contributed by atoms with van der Waals surface area (Å²) in [7, 11) is 0. The first kappa shape index (κ1) is 19.9. The first-order valence-electron chi connectivity index (χ1n) is 9.07. The summed E-state index contributed by atoms with van der Waals surface area (Å²) in [6, 6.07) is 16.5. The molecule has 3 amide bonds. The lowest BCUT2D eigenvalue weighted by Crippen LogP contribution is -2.41. The predicted molar refractivity (Wildman–Crippen MR) is 110 cm³/mol. The van der Waals surface area contributed by atoms with Crippen LogP contribution in [0.4, 0.5) is 11.4 Å². The number of anilines is 2. The van der Waals surface area contributed by atoms with Gasteiger partial charge in [0.15, 0.2) is 5.76 Å². The van der Waals surface area contributed by atoms with Crippen LogP contribution in [0.15, 0.2) is 71.3 Å². The van der Waals surface area contributed by atoms with Gasteiger partial charge in [-0.25, -0.2) is 0 Å². The summed E-state index contributed by atoms with van der Waals surface area (Å²) in [4.78, 5) is 37.1. The first-order valence-corrected chi connectivity index (χ1v) is 9.07. The van der Waals surface area contributed by atoms with Crippen molar-refractivity contribution in [2.45, 2.75) is 19.9 Å². The number of carbonyl (C=O) groups is 3. The summed E-state index contributed by atoms with van der Waals surface area (Å²) >= 11 is 0. The fraction of sp³-hybridized carbons (Fsp3) is 0.136. The molecule has 2 aromatic carbocycles. The van der Waals surface area contributed by atoms with Crippen LogP contribution in [0, 0.1) is 6.92 Å². The molecular formula is C22H21N3O4. The molecule has 1 atom stereocenters. The number of rotatable bonds is 6. The molecule has 1 heterocycles. The van der Waals surface area contributed by atoms with E-state index in [1.807, 2.05) is 18.2 Å². The minimum atomic E-state index is -0.797. The molecule has 0 aliphatic carbocycles. The fourth-order valence-corrected chi connectivity index (χ4v) is 2.72. The molecule has 0 bridgehead atoms. The van der Waals surface area contributed by atoms with E-state index in [9.17, 15) is 14.4 Å². The van der Waals surface area contributed by atoms with E-state index in [1.165, 1.54) is 12.3 Å². The van der Waals surface area contributed by atoms with Gasteiger partial charge in [0, 0.05) is 16.9 Å². The summed E-state index contributed by atoms with van der Waals surface area (Å²) in [5.74, 6) is -1.04. The van der Waals surface area contributed by atoms with Crippen LogP contribution in [0.25, 0.3) is 0 Å². The van der Waals surface area contributed by atoms with E-state index in [2.05, 4.69) is 16.0 Å². The van der Waals surface area contributed by atoms with Gasteiger partial charge in [0.2, 0.25) is 5.91 Å². The van der Waals surface area contributed by atoms with Crippen molar-refractivity contribution in [3.05, 3.63) is 83.8 Å². The number of benzene rings is 2. The lowest BCUT2D eigenvalue weighted by Gasteiger charge is -2.16. The van der Waals surface area contributed by atoms with E-state index in [0.29, 0.717) is 22.5 Å². The Morgan fingerprint density at radius 2 is 1.62 bits per heavy atom. The average molecular weight is 391 g/mol. The Kier molecular flexibility index (Phi) is 6.09. The molecule has 3 aromatic rings. The minimum Gasteiger partial charge on any atom is -0.459 e. The molecule has 0 aliphatic heterocycles. The highest BCUT2D eigenvalue weighted by atomic mass is 16.3. The van der Waals surface area contributed by atoms with Gasteiger partial charge in [-0.05, 0) is 55.8 Å². The maximum absolute atomic E-state index is 12.6. The highest BCUT2D eigenvalue weighted by Crippen LogP contribution is 2.20. The van der Waals surface area contributed by atoms with Gasteiger partial charge in [0.1, 0.15) is 6.04 Å². The van der Waals surface area contributed by atoms with Gasteiger partial charge >= 0.3 is 0 Å². The van der Waals surface area contributed by atoms with Crippen LogP contribution < -0.4 is 16.0 Å². The molecule has 0 fully saturated rings. The molecule has 0 radical (unpaired) electrons. The Morgan fingerprint density at radius 3 is 2.31 bits per heavy atom. The van der Waals surface area contributed by atoms with E-state index in [4.69, 9.17) is 4.42 Å². The third kappa shape index (κ3) is 4.90. The van der Waals surface area contributed by atoms with Crippen molar-refractivity contribution in [3.8, 4) is 0 Å². The molecule has 0 saturated carbocycles. The van der Waals surface area contributed by atoms with Gasteiger partial charge in [0.05, 0.1) is 6.26 Å². The Hall–Kier alpha value is -3.87. The van der Waals surface area contributed by atoms with Crippen LogP contribution in [0.5, 0.6) is 0 Å². The highest BCUT2D eigenvalue weighted by Gasteiger charge is 2.20. The smallest absolute Gasteiger partial charge is 0.287 e. The van der Waals surface area contributed by atoms with Gasteiger partial charge in [-0.2, -0.15) is 0 Å². The van der Waals surface area contributed by atoms with Crippen LogP contribution in [-0.2, 0) is 4.79 Å². The SMILES string of the molecule is Cc1c(NC(=O)C(C)NC(=O)c2ccco2)cccc1C(=O)Nc1ccccc1. The van der Waals surface area contributed by atoms with Crippen LogP contribution in [0.1, 0.15) is 33.4 Å². The summed E-state index contributed by atoms with van der Waals surface area (Å²) in [6.45, 7) is 3.32. The Bertz CT molecular complexity index is 1010. The second kappa shape index (κ2) is 8.88. The largest absolute Gasteiger partial charge is 0.459 e. The second-order valence-corrected chi connectivity index (χ2v) is 6.46. The number of nitrogens with one attached hydrogen (secondary N) is 3. The summed E-state index contributed by atoms with van der Waals surface area (Å²) in [5.41, 5.74) is 2.24. The number of hydrogen-bond donors (Lipinski definition) is 3. The third-order valence-electron chi connectivity index (χ3n) is 4.35. The van der Waals surface area contributed by atoms with Crippen molar-refractivity contribution in [1.29, 1.82) is 0 Å². The molecule has 3 rings (SSSR count). The minimum absolute atomic E-state index is 0.125. The summed E-state index contributed by atoms with van der Waals surface area (Å²) in [5, 5.41) is 8.15. The molecule has 7 heteroatoms. The summed E-state index contributed by atoms with van der Waals surface area (Å²) < 4.78 is 5.02. The molecule has 3 N–H and O–H groups in total. The van der Waals surface area contributed by atoms with Crippen LogP contribution in [0.3, 0.4) is 0 Å². The Labute approximate surface area is 168 Å². The van der Waals surface area contributed by atoms with E-state index in [1.54, 1.807) is 50.2 Å². The van der Waals surface area contributed by atoms with Crippen molar-refractivity contribution in [2.75, 3.05) is 10.6 Å². The zero-order valence-electron chi connectivity index (χ0n) is 16.1. The van der Waals surface area contributed by atoms with E-state index in [-0.39, 0.29) is 11.7 Å². The van der Waals surface area contributed by atoms with Crippen molar-refractivity contribution in [3.63, 3.8) is 0 Å². The molecule has 148 valence electrons. The standard InChI is InChI=1S/C22H21N3O4/c1-14-17(21(27)24-16-8-4-3-5-9-16)10-6-11-18(14)25-20(26)15(2)23-22(28)19-12-7-13-29-19/h3-13,15H,1-2H3,(H,23,28)(H,24,27)(H,25,26). The molecule has 1 aromatic heterocycles. The molecule has 29 heavy (non-hydrogen) atoms. The third-order valence-corrected chi connectivity index (χ3v) is 4.35. The quantitative estimate of drug-likeness (QED) is 0.598. The van der Waals surface area contributed by atoms with Crippen molar-refractivity contribution < 1.29 is 18.8 Å². The fourth-order valence-electron chi connectivity index (χ4n) is 2.72. The van der Waals surface area contributed by atoms with Gasteiger partial charge < -0.3 is 20.4 Å². The van der Waals surface area contributed by atoms with E-state index in [0.717, 1.165) is 0 Å². The summed E-state index contributed by atoms with van der Waals surface area (Å²) in [6.07, 6.45) is 1.38. The monoisotopic (exact) mass is 391 g/mol. The van der Waals surface area contributed by atoms with E-state index >= 15 is 0 Å². The lowest BCUT2D eigenvalue weighted by atomic mass is 10.1. The number of hydrogen-bond acceptors (Lipinski definition) is 4. The number of amides is 3.